The molecule has 4 rings (SSSR count). The van der Waals surface area contributed by atoms with Crippen LogP contribution in [0.4, 0.5) is 8.78 Å². The number of hydrogen-bond acceptors (Lipinski definition) is 4. The predicted octanol–water partition coefficient (Wildman–Crippen LogP) is 3.42. The summed E-state index contributed by atoms with van der Waals surface area (Å²) in [6, 6.07) is 3.47. The van der Waals surface area contributed by atoms with Crippen molar-refractivity contribution >= 4 is 23.2 Å². The van der Waals surface area contributed by atoms with Gasteiger partial charge in [0.2, 0.25) is 0 Å². The second-order valence-electron chi connectivity index (χ2n) is 6.90. The molecule has 5 nitrogen and oxygen atoms in total. The number of amides is 1. The molecule has 0 unspecified atom stereocenters. The highest BCUT2D eigenvalue weighted by Crippen LogP contribution is 2.49. The van der Waals surface area contributed by atoms with Gasteiger partial charge in [0.05, 0.1) is 5.41 Å². The number of carboxylic acids is 1. The third-order valence-electron chi connectivity index (χ3n) is 5.47. The van der Waals surface area contributed by atoms with Gasteiger partial charge >= 0.3 is 5.97 Å². The average Bonchev–Trinajstić information content (AvgIpc) is 3.30. The second-order valence-corrected chi connectivity index (χ2v) is 7.76. The molecular weight excluding hydrogens is 362 g/mol. The van der Waals surface area contributed by atoms with Crippen molar-refractivity contribution < 1.29 is 23.5 Å². The smallest absolute Gasteiger partial charge is 0.311 e. The number of fused-ring (bicyclic) bond motifs is 1. The van der Waals surface area contributed by atoms with E-state index in [1.165, 1.54) is 17.4 Å². The van der Waals surface area contributed by atoms with E-state index in [0.29, 0.717) is 23.5 Å². The van der Waals surface area contributed by atoms with E-state index in [9.17, 15) is 23.5 Å². The molecule has 1 saturated carbocycles. The molecule has 26 heavy (non-hydrogen) atoms. The molecule has 1 aromatic carbocycles. The zero-order chi connectivity index (χ0) is 18.5. The Hall–Kier alpha value is -2.35. The quantitative estimate of drug-likeness (QED) is 0.889. The van der Waals surface area contributed by atoms with E-state index >= 15 is 0 Å². The van der Waals surface area contributed by atoms with E-state index in [4.69, 9.17) is 0 Å². The summed E-state index contributed by atoms with van der Waals surface area (Å²) in [5.41, 5.74) is -0.238. The number of hydrogen-bond donors (Lipinski definition) is 1. The fraction of sp³-hybridized carbons (Fsp3) is 0.389. The van der Waals surface area contributed by atoms with E-state index in [-0.39, 0.29) is 24.1 Å². The van der Waals surface area contributed by atoms with Gasteiger partial charge in [-0.05, 0) is 37.0 Å². The van der Waals surface area contributed by atoms with Crippen LogP contribution in [0.1, 0.15) is 29.8 Å². The largest absolute Gasteiger partial charge is 0.481 e. The lowest BCUT2D eigenvalue weighted by Crippen LogP contribution is -2.37. The van der Waals surface area contributed by atoms with Crippen LogP contribution in [0.2, 0.25) is 0 Å². The van der Waals surface area contributed by atoms with Gasteiger partial charge in [-0.25, -0.2) is 13.8 Å². The van der Waals surface area contributed by atoms with Gasteiger partial charge in [-0.2, -0.15) is 0 Å². The molecule has 0 spiro atoms. The summed E-state index contributed by atoms with van der Waals surface area (Å²) in [6.07, 6.45) is 2.27. The first-order chi connectivity index (χ1) is 12.4. The van der Waals surface area contributed by atoms with Gasteiger partial charge in [-0.3, -0.25) is 9.59 Å². The van der Waals surface area contributed by atoms with E-state index in [0.717, 1.165) is 25.0 Å². The molecule has 8 heteroatoms. The van der Waals surface area contributed by atoms with Crippen LogP contribution in [0.15, 0.2) is 23.6 Å². The summed E-state index contributed by atoms with van der Waals surface area (Å²) in [6.45, 7) is 0.618. The van der Waals surface area contributed by atoms with Gasteiger partial charge in [-0.15, -0.1) is 11.3 Å². The highest BCUT2D eigenvalue weighted by atomic mass is 32.1. The SMILES string of the molecule is O=C(c1csc(-c2ccc(F)c(F)c2)n1)N1C[C@@H]2CCC[C@@]2(C(=O)O)C1. The molecule has 1 N–H and O–H groups in total. The molecule has 1 saturated heterocycles. The molecule has 0 radical (unpaired) electrons. The normalized spacial score (nSPS) is 24.7. The number of rotatable bonds is 3. The van der Waals surface area contributed by atoms with Gasteiger partial charge < -0.3 is 10.0 Å². The molecule has 0 bridgehead atoms. The number of thiazole rings is 1. The first-order valence-electron chi connectivity index (χ1n) is 8.34. The van der Waals surface area contributed by atoms with E-state index in [1.54, 1.807) is 10.3 Å². The number of halogens is 2. The lowest BCUT2D eigenvalue weighted by atomic mass is 9.81. The van der Waals surface area contributed by atoms with Gasteiger partial charge in [0, 0.05) is 24.0 Å². The van der Waals surface area contributed by atoms with E-state index in [1.807, 2.05) is 0 Å². The van der Waals surface area contributed by atoms with Crippen LogP contribution in [0.3, 0.4) is 0 Å². The number of aromatic nitrogens is 1. The number of nitrogens with zero attached hydrogens (tertiary/aromatic N) is 2. The molecule has 2 aromatic rings. The highest BCUT2D eigenvalue weighted by molar-refractivity contribution is 7.13. The van der Waals surface area contributed by atoms with Crippen LogP contribution in [0.5, 0.6) is 0 Å². The molecule has 2 atom stereocenters. The molecular formula is C18H16F2N2O3S. The third-order valence-corrected chi connectivity index (χ3v) is 6.37. The predicted molar refractivity (Wildman–Crippen MR) is 90.8 cm³/mol. The monoisotopic (exact) mass is 378 g/mol. The van der Waals surface area contributed by atoms with Crippen LogP contribution in [0, 0.1) is 23.0 Å². The Morgan fingerprint density at radius 1 is 1.31 bits per heavy atom. The van der Waals surface area contributed by atoms with Crippen molar-refractivity contribution in [1.29, 1.82) is 0 Å². The Balaban J connectivity index is 1.56. The number of carbonyl (C=O) groups excluding carboxylic acids is 1. The molecule has 2 aliphatic rings. The molecule has 1 aliphatic carbocycles. The minimum Gasteiger partial charge on any atom is -0.481 e. The van der Waals surface area contributed by atoms with Crippen molar-refractivity contribution in [3.8, 4) is 10.6 Å². The van der Waals surface area contributed by atoms with Crippen molar-refractivity contribution in [2.24, 2.45) is 11.3 Å². The molecule has 1 aromatic heterocycles. The number of likely N-dealkylation sites (tertiary alicyclic amines) is 1. The zero-order valence-corrected chi connectivity index (χ0v) is 14.6. The maximum absolute atomic E-state index is 13.4. The summed E-state index contributed by atoms with van der Waals surface area (Å²) >= 11 is 1.17. The summed E-state index contributed by atoms with van der Waals surface area (Å²) in [5.74, 6) is -3.08. The number of benzene rings is 1. The minimum absolute atomic E-state index is 0.0201. The first-order valence-corrected chi connectivity index (χ1v) is 9.22. The van der Waals surface area contributed by atoms with Crippen LogP contribution in [-0.2, 0) is 4.79 Å². The van der Waals surface area contributed by atoms with E-state index in [2.05, 4.69) is 4.98 Å². The summed E-state index contributed by atoms with van der Waals surface area (Å²) in [4.78, 5) is 30.3. The Morgan fingerprint density at radius 3 is 2.81 bits per heavy atom. The van der Waals surface area contributed by atoms with Crippen LogP contribution < -0.4 is 0 Å². The van der Waals surface area contributed by atoms with Gasteiger partial charge in [0.1, 0.15) is 10.7 Å². The Bertz CT molecular complexity index is 900. The molecule has 1 aliphatic heterocycles. The van der Waals surface area contributed by atoms with E-state index < -0.39 is 23.0 Å². The Labute approximate surface area is 152 Å². The van der Waals surface area contributed by atoms with Gasteiger partial charge in [-0.1, -0.05) is 6.42 Å². The lowest BCUT2D eigenvalue weighted by molar-refractivity contribution is -0.149. The van der Waals surface area contributed by atoms with Gasteiger partial charge in [0.15, 0.2) is 11.6 Å². The fourth-order valence-electron chi connectivity index (χ4n) is 4.09. The maximum Gasteiger partial charge on any atom is 0.311 e. The molecule has 136 valence electrons. The van der Waals surface area contributed by atoms with Crippen molar-refractivity contribution in [1.82, 2.24) is 9.88 Å². The lowest BCUT2D eigenvalue weighted by Gasteiger charge is -2.23. The standard InChI is InChI=1S/C18H16F2N2O3S/c19-12-4-3-10(6-13(12)20)15-21-14(8-26-15)16(23)22-7-11-2-1-5-18(11,9-22)17(24)25/h3-4,6,8,11H,1-2,5,7,9H2,(H,24,25)/t11-,18+/m0/s1. The number of carboxylic acid groups (broad SMARTS) is 1. The minimum atomic E-state index is -0.971. The van der Waals surface area contributed by atoms with Crippen molar-refractivity contribution in [3.63, 3.8) is 0 Å². The Kier molecular flexibility index (Phi) is 4.02. The molecule has 2 heterocycles. The van der Waals surface area contributed by atoms with Crippen molar-refractivity contribution in [2.45, 2.75) is 19.3 Å². The summed E-state index contributed by atoms with van der Waals surface area (Å²) < 4.78 is 26.5. The third kappa shape index (κ3) is 2.59. The zero-order valence-electron chi connectivity index (χ0n) is 13.7. The molecule has 2 fully saturated rings. The average molecular weight is 378 g/mol. The summed E-state index contributed by atoms with van der Waals surface area (Å²) in [5, 5.41) is 11.6. The first kappa shape index (κ1) is 17.1. The fourth-order valence-corrected chi connectivity index (χ4v) is 4.88. The van der Waals surface area contributed by atoms with Gasteiger partial charge in [0.25, 0.3) is 5.91 Å². The molecule has 1 amide bonds. The van der Waals surface area contributed by atoms with Crippen molar-refractivity contribution in [3.05, 3.63) is 40.9 Å². The highest BCUT2D eigenvalue weighted by Gasteiger charge is 2.56. The van der Waals surface area contributed by atoms with Crippen LogP contribution in [0.25, 0.3) is 10.6 Å². The summed E-state index contributed by atoms with van der Waals surface area (Å²) in [7, 11) is 0. The maximum atomic E-state index is 13.4. The Morgan fingerprint density at radius 2 is 2.12 bits per heavy atom. The topological polar surface area (TPSA) is 70.5 Å². The second kappa shape index (κ2) is 6.12. The number of aliphatic carboxylic acids is 1. The van der Waals surface area contributed by atoms with Crippen molar-refractivity contribution in [2.75, 3.05) is 13.1 Å². The number of carbonyl (C=O) groups is 2. The van der Waals surface area contributed by atoms with Crippen LogP contribution >= 0.6 is 11.3 Å². The van der Waals surface area contributed by atoms with Crippen LogP contribution in [-0.4, -0.2) is 40.0 Å².